The summed E-state index contributed by atoms with van der Waals surface area (Å²) < 4.78 is 22.8. The summed E-state index contributed by atoms with van der Waals surface area (Å²) in [7, 11) is -3.03. The molecular weight excluding hydrogens is 312 g/mol. The van der Waals surface area contributed by atoms with Gasteiger partial charge in [0.15, 0.2) is 9.84 Å². The van der Waals surface area contributed by atoms with Crippen molar-refractivity contribution in [3.63, 3.8) is 0 Å². The van der Waals surface area contributed by atoms with Crippen molar-refractivity contribution in [3.05, 3.63) is 29.8 Å². The second-order valence-electron chi connectivity index (χ2n) is 5.03. The Hall–Kier alpha value is -1.11. The van der Waals surface area contributed by atoms with Gasteiger partial charge in [-0.3, -0.25) is 4.79 Å². The largest absolute Gasteiger partial charge is 0.326 e. The molecular formula is C14H21ClN2O3S. The van der Waals surface area contributed by atoms with E-state index in [-0.39, 0.29) is 29.8 Å². The standard InChI is InChI=1S/C14H20N2O3S.ClH/c1-2-15-9-11-5-3-4-6-13(11)16-14(17)12-7-8-20(18,19)10-12;/h3-6,12,15H,2,7-10H2,1H3,(H,16,17);1H. The Bertz CT molecular complexity index is 590. The molecule has 0 aromatic heterocycles. The fourth-order valence-corrected chi connectivity index (χ4v) is 4.03. The molecule has 1 atom stereocenters. The van der Waals surface area contributed by atoms with Gasteiger partial charge in [-0.15, -0.1) is 12.4 Å². The van der Waals surface area contributed by atoms with Crippen LogP contribution in [0.2, 0.25) is 0 Å². The highest BCUT2D eigenvalue weighted by Gasteiger charge is 2.33. The molecule has 0 spiro atoms. The third-order valence-electron chi connectivity index (χ3n) is 3.44. The highest BCUT2D eigenvalue weighted by Crippen LogP contribution is 2.22. The maximum atomic E-state index is 12.1. The lowest BCUT2D eigenvalue weighted by atomic mass is 10.1. The highest BCUT2D eigenvalue weighted by atomic mass is 35.5. The summed E-state index contributed by atoms with van der Waals surface area (Å²) in [5.74, 6) is -0.541. The van der Waals surface area contributed by atoms with Gasteiger partial charge >= 0.3 is 0 Å². The third kappa shape index (κ3) is 4.98. The van der Waals surface area contributed by atoms with E-state index in [2.05, 4.69) is 10.6 Å². The first-order valence-corrected chi connectivity index (χ1v) is 8.64. The van der Waals surface area contributed by atoms with Gasteiger partial charge in [-0.1, -0.05) is 25.1 Å². The molecule has 1 unspecified atom stereocenters. The Balaban J connectivity index is 0.00000220. The average Bonchev–Trinajstić information content (AvgIpc) is 2.78. The predicted octanol–water partition coefficient (Wildman–Crippen LogP) is 1.59. The van der Waals surface area contributed by atoms with Crippen molar-refractivity contribution < 1.29 is 13.2 Å². The van der Waals surface area contributed by atoms with Crippen LogP contribution in [0.3, 0.4) is 0 Å². The fourth-order valence-electron chi connectivity index (χ4n) is 2.29. The Labute approximate surface area is 131 Å². The molecule has 1 aliphatic heterocycles. The van der Waals surface area contributed by atoms with Crippen molar-refractivity contribution in [2.24, 2.45) is 5.92 Å². The van der Waals surface area contributed by atoms with Gasteiger partial charge in [-0.05, 0) is 24.6 Å². The maximum Gasteiger partial charge on any atom is 0.228 e. The molecule has 7 heteroatoms. The van der Waals surface area contributed by atoms with Gasteiger partial charge in [0, 0.05) is 12.2 Å². The van der Waals surface area contributed by atoms with Crippen LogP contribution >= 0.6 is 12.4 Å². The van der Waals surface area contributed by atoms with E-state index >= 15 is 0 Å². The smallest absolute Gasteiger partial charge is 0.228 e. The number of halogens is 1. The Morgan fingerprint density at radius 2 is 2.05 bits per heavy atom. The van der Waals surface area contributed by atoms with Gasteiger partial charge in [0.25, 0.3) is 0 Å². The van der Waals surface area contributed by atoms with Crippen LogP contribution in [0.5, 0.6) is 0 Å². The monoisotopic (exact) mass is 332 g/mol. The summed E-state index contributed by atoms with van der Waals surface area (Å²) >= 11 is 0. The van der Waals surface area contributed by atoms with Crippen LogP contribution in [-0.4, -0.2) is 32.4 Å². The first-order chi connectivity index (χ1) is 9.52. The molecule has 1 aromatic rings. The van der Waals surface area contributed by atoms with E-state index in [0.717, 1.165) is 17.8 Å². The fraction of sp³-hybridized carbons (Fsp3) is 0.500. The summed E-state index contributed by atoms with van der Waals surface area (Å²) in [5, 5.41) is 6.07. The van der Waals surface area contributed by atoms with E-state index in [1.54, 1.807) is 0 Å². The van der Waals surface area contributed by atoms with E-state index in [4.69, 9.17) is 0 Å². The van der Waals surface area contributed by atoms with Crippen LogP contribution in [-0.2, 0) is 21.2 Å². The van der Waals surface area contributed by atoms with E-state index < -0.39 is 15.8 Å². The minimum atomic E-state index is -3.03. The lowest BCUT2D eigenvalue weighted by Crippen LogP contribution is -2.25. The van der Waals surface area contributed by atoms with Crippen LogP contribution in [0, 0.1) is 5.92 Å². The lowest BCUT2D eigenvalue weighted by Gasteiger charge is -2.13. The summed E-state index contributed by atoms with van der Waals surface area (Å²) in [4.78, 5) is 12.1. The number of amides is 1. The molecule has 1 fully saturated rings. The van der Waals surface area contributed by atoms with Gasteiger partial charge in [0.2, 0.25) is 5.91 Å². The second-order valence-corrected chi connectivity index (χ2v) is 7.26. The number of rotatable bonds is 5. The third-order valence-corrected chi connectivity index (χ3v) is 5.21. The minimum absolute atomic E-state index is 0. The number of benzene rings is 1. The summed E-state index contributed by atoms with van der Waals surface area (Å²) in [6, 6.07) is 7.57. The van der Waals surface area contributed by atoms with Crippen molar-refractivity contribution >= 4 is 33.8 Å². The van der Waals surface area contributed by atoms with Crippen molar-refractivity contribution in [1.82, 2.24) is 5.32 Å². The van der Waals surface area contributed by atoms with Gasteiger partial charge in [0.05, 0.1) is 17.4 Å². The molecule has 1 heterocycles. The molecule has 2 rings (SSSR count). The zero-order valence-corrected chi connectivity index (χ0v) is 13.6. The van der Waals surface area contributed by atoms with Gasteiger partial charge in [-0.25, -0.2) is 8.42 Å². The van der Waals surface area contributed by atoms with Crippen molar-refractivity contribution in [3.8, 4) is 0 Å². The first-order valence-electron chi connectivity index (χ1n) is 6.82. The van der Waals surface area contributed by atoms with Gasteiger partial charge < -0.3 is 10.6 Å². The molecule has 1 saturated heterocycles. The molecule has 21 heavy (non-hydrogen) atoms. The highest BCUT2D eigenvalue weighted by molar-refractivity contribution is 7.91. The SMILES string of the molecule is CCNCc1ccccc1NC(=O)C1CCS(=O)(=O)C1.Cl. The molecule has 118 valence electrons. The predicted molar refractivity (Wildman–Crippen MR) is 86.5 cm³/mol. The first kappa shape index (κ1) is 17.9. The summed E-state index contributed by atoms with van der Waals surface area (Å²) in [6.45, 7) is 3.55. The topological polar surface area (TPSA) is 75.3 Å². The zero-order chi connectivity index (χ0) is 14.6. The van der Waals surface area contributed by atoms with E-state index in [0.29, 0.717) is 13.0 Å². The Kier molecular flexibility index (Phi) is 6.64. The minimum Gasteiger partial charge on any atom is -0.326 e. The number of sulfone groups is 1. The number of hydrogen-bond donors (Lipinski definition) is 2. The molecule has 0 saturated carbocycles. The van der Waals surface area contributed by atoms with E-state index in [9.17, 15) is 13.2 Å². The molecule has 1 aliphatic rings. The van der Waals surface area contributed by atoms with Crippen molar-refractivity contribution in [2.45, 2.75) is 19.9 Å². The molecule has 0 bridgehead atoms. The van der Waals surface area contributed by atoms with Crippen molar-refractivity contribution in [2.75, 3.05) is 23.4 Å². The summed E-state index contributed by atoms with van der Waals surface area (Å²) in [5.41, 5.74) is 1.76. The number of carbonyl (C=O) groups excluding carboxylic acids is 1. The molecule has 2 N–H and O–H groups in total. The Morgan fingerprint density at radius 3 is 2.67 bits per heavy atom. The molecule has 0 aliphatic carbocycles. The number of anilines is 1. The van der Waals surface area contributed by atoms with Crippen LogP contribution in [0.15, 0.2) is 24.3 Å². The quantitative estimate of drug-likeness (QED) is 0.858. The number of nitrogens with one attached hydrogen (secondary N) is 2. The summed E-state index contributed by atoms with van der Waals surface area (Å²) in [6.07, 6.45) is 0.420. The second kappa shape index (κ2) is 7.77. The zero-order valence-electron chi connectivity index (χ0n) is 12.0. The van der Waals surface area contributed by atoms with Crippen LogP contribution < -0.4 is 10.6 Å². The lowest BCUT2D eigenvalue weighted by molar-refractivity contribution is -0.119. The normalized spacial score (nSPS) is 19.8. The Morgan fingerprint density at radius 1 is 1.33 bits per heavy atom. The van der Waals surface area contributed by atoms with E-state index in [1.807, 2.05) is 31.2 Å². The number of hydrogen-bond acceptors (Lipinski definition) is 4. The van der Waals surface area contributed by atoms with Crippen LogP contribution in [0.4, 0.5) is 5.69 Å². The molecule has 5 nitrogen and oxygen atoms in total. The van der Waals surface area contributed by atoms with Gasteiger partial charge in [-0.2, -0.15) is 0 Å². The maximum absolute atomic E-state index is 12.1. The average molecular weight is 333 g/mol. The molecule has 1 amide bonds. The number of carbonyl (C=O) groups is 1. The van der Waals surface area contributed by atoms with E-state index in [1.165, 1.54) is 0 Å². The van der Waals surface area contributed by atoms with Crippen LogP contribution in [0.1, 0.15) is 18.9 Å². The number of para-hydroxylation sites is 1. The van der Waals surface area contributed by atoms with Gasteiger partial charge in [0.1, 0.15) is 0 Å². The molecule has 1 aromatic carbocycles. The van der Waals surface area contributed by atoms with Crippen molar-refractivity contribution in [1.29, 1.82) is 0 Å². The molecule has 0 radical (unpaired) electrons. The van der Waals surface area contributed by atoms with Crippen LogP contribution in [0.25, 0.3) is 0 Å².